The van der Waals surface area contributed by atoms with Gasteiger partial charge in [-0.2, -0.15) is 0 Å². The molecule has 0 spiro atoms. The fraction of sp³-hybridized carbons (Fsp3) is 0.636. The Morgan fingerprint density at radius 1 is 1.44 bits per heavy atom. The Balaban J connectivity index is 2.35. The van der Waals surface area contributed by atoms with Crippen molar-refractivity contribution in [3.8, 4) is 0 Å². The second-order valence-corrected chi connectivity index (χ2v) is 3.73. The zero-order valence-corrected chi connectivity index (χ0v) is 9.50. The van der Waals surface area contributed by atoms with Crippen LogP contribution in [0.4, 0.5) is 8.78 Å². The molecule has 92 valence electrons. The van der Waals surface area contributed by atoms with Crippen LogP contribution in [0.5, 0.6) is 0 Å². The third kappa shape index (κ3) is 3.90. The van der Waals surface area contributed by atoms with Crippen LogP contribution in [0.2, 0.25) is 0 Å². The predicted molar refractivity (Wildman–Crippen MR) is 56.6 cm³/mol. The summed E-state index contributed by atoms with van der Waals surface area (Å²) in [5.41, 5.74) is 6.81. The van der Waals surface area contributed by atoms with Gasteiger partial charge in [-0.25, -0.2) is 8.78 Å². The van der Waals surface area contributed by atoms with E-state index in [9.17, 15) is 8.78 Å². The molecule has 5 heteroatoms. The quantitative estimate of drug-likeness (QED) is 0.768. The summed E-state index contributed by atoms with van der Waals surface area (Å²) < 4.78 is 33.7. The molecular formula is C11H17F2NO2. The van der Waals surface area contributed by atoms with Crippen LogP contribution >= 0.6 is 0 Å². The van der Waals surface area contributed by atoms with Crippen molar-refractivity contribution in [2.45, 2.75) is 32.7 Å². The Morgan fingerprint density at radius 3 is 2.62 bits per heavy atom. The van der Waals surface area contributed by atoms with Gasteiger partial charge in [0.1, 0.15) is 18.1 Å². The first-order valence-electron chi connectivity index (χ1n) is 5.19. The zero-order valence-electron chi connectivity index (χ0n) is 9.50. The summed E-state index contributed by atoms with van der Waals surface area (Å²) in [4.78, 5) is 0. The third-order valence-electron chi connectivity index (χ3n) is 2.30. The van der Waals surface area contributed by atoms with E-state index < -0.39 is 13.0 Å². The highest BCUT2D eigenvalue weighted by Crippen LogP contribution is 2.22. The van der Waals surface area contributed by atoms with Crippen molar-refractivity contribution in [2.75, 3.05) is 13.2 Å². The third-order valence-corrected chi connectivity index (χ3v) is 2.30. The summed E-state index contributed by atoms with van der Waals surface area (Å²) in [5, 5.41) is 0. The first-order chi connectivity index (χ1) is 7.50. The largest absolute Gasteiger partial charge is 0.466 e. The number of furan rings is 1. The lowest BCUT2D eigenvalue weighted by molar-refractivity contribution is 0.0152. The standard InChI is InChI=1S/C11H17F2NO2/c1-7-5-9(8(2)16-7)10(14)3-4-15-6-11(12)13/h5,10-11H,3-4,6,14H2,1-2H3. The Kier molecular flexibility index (Phi) is 4.89. The van der Waals surface area contributed by atoms with Crippen LogP contribution in [-0.4, -0.2) is 19.6 Å². The number of halogens is 2. The van der Waals surface area contributed by atoms with Crippen LogP contribution in [0.3, 0.4) is 0 Å². The van der Waals surface area contributed by atoms with Gasteiger partial charge in [0.25, 0.3) is 6.43 Å². The number of hydrogen-bond acceptors (Lipinski definition) is 3. The minimum atomic E-state index is -2.42. The van der Waals surface area contributed by atoms with Crippen molar-refractivity contribution in [1.82, 2.24) is 0 Å². The number of ether oxygens (including phenoxy) is 1. The van der Waals surface area contributed by atoms with E-state index in [4.69, 9.17) is 14.9 Å². The molecule has 0 amide bonds. The molecule has 0 fully saturated rings. The van der Waals surface area contributed by atoms with Crippen molar-refractivity contribution in [2.24, 2.45) is 5.73 Å². The van der Waals surface area contributed by atoms with Crippen molar-refractivity contribution < 1.29 is 17.9 Å². The maximum atomic E-state index is 11.8. The number of rotatable bonds is 6. The lowest BCUT2D eigenvalue weighted by Crippen LogP contribution is -2.15. The minimum absolute atomic E-state index is 0.227. The van der Waals surface area contributed by atoms with Gasteiger partial charge >= 0.3 is 0 Å². The van der Waals surface area contributed by atoms with E-state index in [-0.39, 0.29) is 12.6 Å². The Bertz CT molecular complexity index is 326. The van der Waals surface area contributed by atoms with Crippen molar-refractivity contribution >= 4 is 0 Å². The van der Waals surface area contributed by atoms with Crippen LogP contribution in [0.15, 0.2) is 10.5 Å². The molecule has 3 nitrogen and oxygen atoms in total. The lowest BCUT2D eigenvalue weighted by Gasteiger charge is -2.10. The molecule has 1 unspecified atom stereocenters. The van der Waals surface area contributed by atoms with Gasteiger partial charge in [0.15, 0.2) is 0 Å². The average molecular weight is 233 g/mol. The van der Waals surface area contributed by atoms with Crippen LogP contribution in [0, 0.1) is 13.8 Å². The van der Waals surface area contributed by atoms with E-state index in [0.717, 1.165) is 17.1 Å². The molecule has 1 aromatic rings. The topological polar surface area (TPSA) is 48.4 Å². The Morgan fingerprint density at radius 2 is 2.12 bits per heavy atom. The molecule has 1 heterocycles. The lowest BCUT2D eigenvalue weighted by atomic mass is 10.1. The van der Waals surface area contributed by atoms with Gasteiger partial charge in [0, 0.05) is 18.2 Å². The highest BCUT2D eigenvalue weighted by molar-refractivity contribution is 5.23. The Hall–Kier alpha value is -0.940. The summed E-state index contributed by atoms with van der Waals surface area (Å²) in [6.45, 7) is 3.38. The SMILES string of the molecule is Cc1cc(C(N)CCOCC(F)F)c(C)o1. The second kappa shape index (κ2) is 5.96. The molecule has 16 heavy (non-hydrogen) atoms. The van der Waals surface area contributed by atoms with Gasteiger partial charge in [-0.1, -0.05) is 0 Å². The normalized spacial score (nSPS) is 13.4. The highest BCUT2D eigenvalue weighted by atomic mass is 19.3. The molecule has 0 aliphatic carbocycles. The molecule has 0 saturated carbocycles. The van der Waals surface area contributed by atoms with Crippen molar-refractivity contribution in [1.29, 1.82) is 0 Å². The fourth-order valence-corrected chi connectivity index (χ4v) is 1.56. The fourth-order valence-electron chi connectivity index (χ4n) is 1.56. The number of hydrogen-bond donors (Lipinski definition) is 1. The van der Waals surface area contributed by atoms with Gasteiger partial charge in [0.05, 0.1) is 0 Å². The van der Waals surface area contributed by atoms with Crippen LogP contribution < -0.4 is 5.73 Å². The van der Waals surface area contributed by atoms with Crippen molar-refractivity contribution in [3.63, 3.8) is 0 Å². The van der Waals surface area contributed by atoms with Crippen LogP contribution in [0.1, 0.15) is 29.5 Å². The van der Waals surface area contributed by atoms with E-state index in [1.165, 1.54) is 0 Å². The van der Waals surface area contributed by atoms with E-state index in [0.29, 0.717) is 6.42 Å². The molecule has 1 rings (SSSR count). The zero-order chi connectivity index (χ0) is 12.1. The second-order valence-electron chi connectivity index (χ2n) is 3.73. The summed E-state index contributed by atoms with van der Waals surface area (Å²) in [5.74, 6) is 1.58. The molecule has 0 bridgehead atoms. The first-order valence-corrected chi connectivity index (χ1v) is 5.19. The van der Waals surface area contributed by atoms with Gasteiger partial charge in [-0.15, -0.1) is 0 Å². The molecule has 1 aromatic heterocycles. The summed E-state index contributed by atoms with van der Waals surface area (Å²) in [6.07, 6.45) is -1.92. The summed E-state index contributed by atoms with van der Waals surface area (Å²) in [6, 6.07) is 1.64. The van der Waals surface area contributed by atoms with Gasteiger partial charge in [-0.05, 0) is 26.3 Å². The molecule has 0 radical (unpaired) electrons. The monoisotopic (exact) mass is 233 g/mol. The maximum absolute atomic E-state index is 11.8. The molecular weight excluding hydrogens is 216 g/mol. The number of alkyl halides is 2. The van der Waals surface area contributed by atoms with E-state index in [2.05, 4.69) is 0 Å². The average Bonchev–Trinajstić information content (AvgIpc) is 2.52. The maximum Gasteiger partial charge on any atom is 0.261 e. The van der Waals surface area contributed by atoms with E-state index in [1.807, 2.05) is 19.9 Å². The van der Waals surface area contributed by atoms with Crippen molar-refractivity contribution in [3.05, 3.63) is 23.2 Å². The van der Waals surface area contributed by atoms with Gasteiger partial charge in [0.2, 0.25) is 0 Å². The molecule has 0 saturated heterocycles. The number of aryl methyl sites for hydroxylation is 2. The van der Waals surface area contributed by atoms with Gasteiger partial charge in [-0.3, -0.25) is 0 Å². The first kappa shape index (κ1) is 13.1. The molecule has 0 aliphatic rings. The van der Waals surface area contributed by atoms with Gasteiger partial charge < -0.3 is 14.9 Å². The molecule has 2 N–H and O–H groups in total. The van der Waals surface area contributed by atoms with Crippen LogP contribution in [0.25, 0.3) is 0 Å². The number of nitrogens with two attached hydrogens (primary N) is 1. The smallest absolute Gasteiger partial charge is 0.261 e. The molecule has 0 aromatic carbocycles. The summed E-state index contributed by atoms with van der Waals surface area (Å²) >= 11 is 0. The van der Waals surface area contributed by atoms with E-state index in [1.54, 1.807) is 0 Å². The Labute approximate surface area is 93.6 Å². The molecule has 0 aliphatic heterocycles. The summed E-state index contributed by atoms with van der Waals surface area (Å²) in [7, 11) is 0. The van der Waals surface area contributed by atoms with Crippen LogP contribution in [-0.2, 0) is 4.74 Å². The van der Waals surface area contributed by atoms with E-state index >= 15 is 0 Å². The predicted octanol–water partition coefficient (Wildman–Crippen LogP) is 2.57. The highest BCUT2D eigenvalue weighted by Gasteiger charge is 2.13. The molecule has 1 atom stereocenters. The minimum Gasteiger partial charge on any atom is -0.466 e.